The first-order chi connectivity index (χ1) is 12.5. The second-order valence-electron chi connectivity index (χ2n) is 6.27. The molecule has 3 amide bonds. The fourth-order valence-corrected chi connectivity index (χ4v) is 2.73. The van der Waals surface area contributed by atoms with Crippen molar-refractivity contribution in [1.29, 1.82) is 0 Å². The molecule has 0 aliphatic carbocycles. The Morgan fingerprint density at radius 1 is 1.15 bits per heavy atom. The average molecular weight is 366 g/mol. The number of nitrogens with zero attached hydrogens (tertiary/aromatic N) is 1. The zero-order chi connectivity index (χ0) is 18.8. The highest BCUT2D eigenvalue weighted by Gasteiger charge is 2.10. The summed E-state index contributed by atoms with van der Waals surface area (Å²) in [5, 5.41) is 7.74. The van der Waals surface area contributed by atoms with Crippen molar-refractivity contribution in [1.82, 2.24) is 10.2 Å². The number of hydrogen-bond acceptors (Lipinski definition) is 4. The van der Waals surface area contributed by atoms with Gasteiger partial charge in [-0.1, -0.05) is 6.42 Å². The minimum Gasteiger partial charge on any atom is -0.379 e. The van der Waals surface area contributed by atoms with Gasteiger partial charge in [0, 0.05) is 32.2 Å². The molecule has 0 radical (unpaired) electrons. The first-order valence-corrected chi connectivity index (χ1v) is 8.96. The summed E-state index contributed by atoms with van der Waals surface area (Å²) < 4.78 is 19.1. The highest BCUT2D eigenvalue weighted by Crippen LogP contribution is 2.19. The summed E-state index contributed by atoms with van der Waals surface area (Å²) in [7, 11) is 0. The van der Waals surface area contributed by atoms with Gasteiger partial charge in [-0.2, -0.15) is 0 Å². The van der Waals surface area contributed by atoms with E-state index in [1.807, 2.05) is 0 Å². The van der Waals surface area contributed by atoms with Crippen LogP contribution in [0.15, 0.2) is 18.2 Å². The highest BCUT2D eigenvalue weighted by molar-refractivity contribution is 5.92. The third-order valence-electron chi connectivity index (χ3n) is 4.08. The van der Waals surface area contributed by atoms with Crippen LogP contribution in [0.1, 0.15) is 26.2 Å². The number of amides is 3. The SMILES string of the molecule is CC(=O)Nc1ccc(F)c(NC(=O)NCCCCCN2CCOCC2)c1. The van der Waals surface area contributed by atoms with Crippen LogP contribution in [0, 0.1) is 5.82 Å². The number of anilines is 2. The number of rotatable bonds is 8. The van der Waals surface area contributed by atoms with Gasteiger partial charge in [-0.05, 0) is 37.6 Å². The van der Waals surface area contributed by atoms with Gasteiger partial charge in [0.15, 0.2) is 0 Å². The van der Waals surface area contributed by atoms with E-state index in [1.54, 1.807) is 0 Å². The van der Waals surface area contributed by atoms with Crippen LogP contribution in [0.25, 0.3) is 0 Å². The minimum atomic E-state index is -0.556. The van der Waals surface area contributed by atoms with Crippen LogP contribution in [-0.4, -0.2) is 56.2 Å². The molecular weight excluding hydrogens is 339 g/mol. The van der Waals surface area contributed by atoms with Crippen molar-refractivity contribution in [3.63, 3.8) is 0 Å². The molecule has 1 aliphatic rings. The number of nitrogens with one attached hydrogen (secondary N) is 3. The molecule has 7 nitrogen and oxygen atoms in total. The van der Waals surface area contributed by atoms with E-state index < -0.39 is 11.8 Å². The molecule has 8 heteroatoms. The number of ether oxygens (including phenoxy) is 1. The largest absolute Gasteiger partial charge is 0.379 e. The third-order valence-corrected chi connectivity index (χ3v) is 4.08. The van der Waals surface area contributed by atoms with Gasteiger partial charge in [0.25, 0.3) is 0 Å². The van der Waals surface area contributed by atoms with E-state index in [9.17, 15) is 14.0 Å². The standard InChI is InChI=1S/C18H27FN4O3/c1-14(24)21-15-5-6-16(19)17(13-15)22-18(25)20-7-3-2-4-8-23-9-11-26-12-10-23/h5-6,13H,2-4,7-12H2,1H3,(H,21,24)(H2,20,22,25). The summed E-state index contributed by atoms with van der Waals surface area (Å²) in [6, 6.07) is 3.57. The maximum atomic E-state index is 13.8. The molecule has 0 atom stereocenters. The molecule has 1 aromatic carbocycles. The topological polar surface area (TPSA) is 82.7 Å². The molecule has 0 aromatic heterocycles. The Hall–Kier alpha value is -2.19. The van der Waals surface area contributed by atoms with Gasteiger partial charge in [0.2, 0.25) is 5.91 Å². The molecule has 1 heterocycles. The summed E-state index contributed by atoms with van der Waals surface area (Å²) in [6.45, 7) is 6.54. The maximum absolute atomic E-state index is 13.8. The zero-order valence-corrected chi connectivity index (χ0v) is 15.1. The second kappa shape index (κ2) is 10.7. The fourth-order valence-electron chi connectivity index (χ4n) is 2.73. The molecule has 26 heavy (non-hydrogen) atoms. The van der Waals surface area contributed by atoms with Crippen LogP contribution in [0.2, 0.25) is 0 Å². The summed E-state index contributed by atoms with van der Waals surface area (Å²) >= 11 is 0. The van der Waals surface area contributed by atoms with E-state index in [4.69, 9.17) is 4.74 Å². The Balaban J connectivity index is 1.63. The normalized spacial score (nSPS) is 14.7. The minimum absolute atomic E-state index is 0.0288. The first-order valence-electron chi connectivity index (χ1n) is 8.96. The van der Waals surface area contributed by atoms with Crippen molar-refractivity contribution in [2.45, 2.75) is 26.2 Å². The smallest absolute Gasteiger partial charge is 0.319 e. The molecule has 1 aliphatic heterocycles. The number of hydrogen-bond donors (Lipinski definition) is 3. The van der Waals surface area contributed by atoms with E-state index in [2.05, 4.69) is 20.9 Å². The third kappa shape index (κ3) is 7.37. The molecule has 2 rings (SSSR count). The summed E-state index contributed by atoms with van der Waals surface area (Å²) in [4.78, 5) is 25.3. The van der Waals surface area contributed by atoms with Crippen molar-refractivity contribution in [3.05, 3.63) is 24.0 Å². The van der Waals surface area contributed by atoms with Gasteiger partial charge in [-0.15, -0.1) is 0 Å². The average Bonchev–Trinajstić information content (AvgIpc) is 2.61. The van der Waals surface area contributed by atoms with E-state index >= 15 is 0 Å². The fraction of sp³-hybridized carbons (Fsp3) is 0.556. The first kappa shape index (κ1) is 20.1. The Kier molecular flexibility index (Phi) is 8.30. The Morgan fingerprint density at radius 3 is 2.65 bits per heavy atom. The molecule has 1 aromatic rings. The van der Waals surface area contributed by atoms with Crippen molar-refractivity contribution in [2.24, 2.45) is 0 Å². The van der Waals surface area contributed by atoms with E-state index in [1.165, 1.54) is 25.1 Å². The zero-order valence-electron chi connectivity index (χ0n) is 15.1. The maximum Gasteiger partial charge on any atom is 0.319 e. The van der Waals surface area contributed by atoms with Gasteiger partial charge >= 0.3 is 6.03 Å². The highest BCUT2D eigenvalue weighted by atomic mass is 19.1. The second-order valence-corrected chi connectivity index (χ2v) is 6.27. The lowest BCUT2D eigenvalue weighted by atomic mass is 10.2. The Labute approximate surface area is 153 Å². The number of halogens is 1. The van der Waals surface area contributed by atoms with Crippen LogP contribution in [0.3, 0.4) is 0 Å². The van der Waals surface area contributed by atoms with Crippen molar-refractivity contribution >= 4 is 23.3 Å². The molecule has 1 saturated heterocycles. The number of benzene rings is 1. The molecule has 3 N–H and O–H groups in total. The molecule has 144 valence electrons. The van der Waals surface area contributed by atoms with Crippen molar-refractivity contribution in [3.8, 4) is 0 Å². The Bertz CT molecular complexity index is 606. The number of carbonyl (C=O) groups excluding carboxylic acids is 2. The lowest BCUT2D eigenvalue weighted by Crippen LogP contribution is -2.36. The van der Waals surface area contributed by atoms with E-state index in [0.717, 1.165) is 52.1 Å². The molecule has 0 unspecified atom stereocenters. The Morgan fingerprint density at radius 2 is 1.92 bits per heavy atom. The van der Waals surface area contributed by atoms with E-state index in [0.29, 0.717) is 12.2 Å². The van der Waals surface area contributed by atoms with Gasteiger partial charge in [0.05, 0.1) is 18.9 Å². The number of urea groups is 1. The van der Waals surface area contributed by atoms with Crippen molar-refractivity contribution in [2.75, 3.05) is 50.0 Å². The number of unbranched alkanes of at least 4 members (excludes halogenated alkanes) is 2. The number of carbonyl (C=O) groups is 2. The number of morpholine rings is 1. The van der Waals surface area contributed by atoms with Crippen molar-refractivity contribution < 1.29 is 18.7 Å². The molecule has 0 spiro atoms. The summed E-state index contributed by atoms with van der Waals surface area (Å²) in [5.41, 5.74) is 0.457. The molecule has 0 saturated carbocycles. The predicted octanol–water partition coefficient (Wildman–Crippen LogP) is 2.41. The quantitative estimate of drug-likeness (QED) is 0.617. The molecule has 1 fully saturated rings. The monoisotopic (exact) mass is 366 g/mol. The molecular formula is C18H27FN4O3. The van der Waals surface area contributed by atoms with Crippen LogP contribution >= 0.6 is 0 Å². The van der Waals surface area contributed by atoms with Gasteiger partial charge in [0.1, 0.15) is 5.82 Å². The summed E-state index contributed by atoms with van der Waals surface area (Å²) in [5.74, 6) is -0.816. The van der Waals surface area contributed by atoms with Crippen LogP contribution in [0.4, 0.5) is 20.6 Å². The van der Waals surface area contributed by atoms with Gasteiger partial charge in [-0.25, -0.2) is 9.18 Å². The molecule has 0 bridgehead atoms. The van der Waals surface area contributed by atoms with Gasteiger partial charge < -0.3 is 20.7 Å². The van der Waals surface area contributed by atoms with Gasteiger partial charge in [-0.3, -0.25) is 9.69 Å². The lowest BCUT2D eigenvalue weighted by Gasteiger charge is -2.26. The van der Waals surface area contributed by atoms with Crippen LogP contribution in [0.5, 0.6) is 0 Å². The lowest BCUT2D eigenvalue weighted by molar-refractivity contribution is -0.114. The van der Waals surface area contributed by atoms with Crippen LogP contribution < -0.4 is 16.0 Å². The van der Waals surface area contributed by atoms with E-state index in [-0.39, 0.29) is 11.6 Å². The predicted molar refractivity (Wildman–Crippen MR) is 98.8 cm³/mol. The summed E-state index contributed by atoms with van der Waals surface area (Å²) in [6.07, 6.45) is 2.97. The van der Waals surface area contributed by atoms with Crippen LogP contribution in [-0.2, 0) is 9.53 Å².